The first-order valence-corrected chi connectivity index (χ1v) is 47.4. The summed E-state index contributed by atoms with van der Waals surface area (Å²) >= 11 is 0. The summed E-state index contributed by atoms with van der Waals surface area (Å²) in [5.74, 6) is -15.8. The van der Waals surface area contributed by atoms with Crippen LogP contribution in [0.1, 0.15) is 217 Å². The number of unbranched alkanes of at least 4 members (excludes halogenated alkanes) is 13. The van der Waals surface area contributed by atoms with Gasteiger partial charge in [0.25, 0.3) is 0 Å². The molecular weight excluding hydrogens is 1730 g/mol. The van der Waals surface area contributed by atoms with Crippen molar-refractivity contribution in [3.05, 3.63) is 90.1 Å². The number of para-hydroxylation sites is 1. The molecule has 132 heavy (non-hydrogen) atoms. The molecule has 2 saturated heterocycles. The van der Waals surface area contributed by atoms with Crippen molar-refractivity contribution in [2.24, 2.45) is 22.9 Å². The average Bonchev–Trinajstić information content (AvgIpc) is 1.68. The molecule has 2 aliphatic heterocycles. The number of Topliss-reactive ketones (excluding diaryl/α,β-unsaturated/α-hetero) is 1. The van der Waals surface area contributed by atoms with Crippen LogP contribution in [0.2, 0.25) is 0 Å². The van der Waals surface area contributed by atoms with Crippen LogP contribution >= 0.6 is 0 Å². The van der Waals surface area contributed by atoms with Crippen molar-refractivity contribution in [3.63, 3.8) is 0 Å². The molecule has 0 saturated carbocycles. The third-order valence-electron chi connectivity index (χ3n) is 22.7. The number of nitrogens with two attached hydrogens (primary N) is 4. The van der Waals surface area contributed by atoms with Crippen molar-refractivity contribution in [1.29, 1.82) is 5.41 Å². The number of nitrogens with one attached hydrogen (secondary N) is 17. The minimum atomic E-state index is -4.10. The number of carbonyl (C=O) groups excluding carboxylic acids is 16. The van der Waals surface area contributed by atoms with Crippen LogP contribution in [0.25, 0.3) is 10.9 Å². The lowest BCUT2D eigenvalue weighted by atomic mass is 10.0. The van der Waals surface area contributed by atoms with Crippen LogP contribution in [-0.4, -0.2) is 263 Å². The van der Waals surface area contributed by atoms with Gasteiger partial charge in [-0.25, -0.2) is 13.4 Å². The predicted molar refractivity (Wildman–Crippen MR) is 488 cm³/mol. The second kappa shape index (κ2) is 58.7. The van der Waals surface area contributed by atoms with Crippen molar-refractivity contribution in [3.8, 4) is 0 Å². The lowest BCUT2D eigenvalue weighted by molar-refractivity contribution is -0.143. The smallest absolute Gasteiger partial charge is 0.245 e. The lowest BCUT2D eigenvalue weighted by Crippen LogP contribution is -2.62. The van der Waals surface area contributed by atoms with Gasteiger partial charge in [0.15, 0.2) is 5.96 Å². The zero-order chi connectivity index (χ0) is 96.5. The summed E-state index contributed by atoms with van der Waals surface area (Å²) in [5, 5.41) is 63.8. The number of H-pyrrole nitrogens is 2. The number of amides is 15. The second-order valence-corrected chi connectivity index (χ2v) is 35.3. The van der Waals surface area contributed by atoms with Crippen molar-refractivity contribution in [2.45, 2.75) is 292 Å². The van der Waals surface area contributed by atoms with Gasteiger partial charge in [-0.2, -0.15) is 0 Å². The molecule has 44 heteroatoms. The van der Waals surface area contributed by atoms with Gasteiger partial charge in [-0.1, -0.05) is 152 Å². The number of aromatic amines is 2. The van der Waals surface area contributed by atoms with E-state index in [9.17, 15) is 81.0 Å². The van der Waals surface area contributed by atoms with Crippen molar-refractivity contribution in [1.82, 2.24) is 93.7 Å². The first-order valence-electron chi connectivity index (χ1n) is 45.8. The number of hydrogen-bond donors (Lipinski definition) is 23. The molecular formula is C88H137N23O20S. The van der Waals surface area contributed by atoms with Gasteiger partial charge < -0.3 is 117 Å². The molecule has 2 aliphatic rings. The lowest BCUT2D eigenvalue weighted by Gasteiger charge is -2.31. The van der Waals surface area contributed by atoms with E-state index in [2.05, 4.69) is 91.0 Å². The number of carbonyl (C=O) groups is 16. The normalized spacial score (nSPS) is 19.2. The fraction of sp³-hybridized carbons (Fsp3) is 0.614. The number of aliphatic hydroxyl groups excluding tert-OH is 2. The average molecular weight is 1870 g/mol. The molecule has 12 atom stereocenters. The number of benzene rings is 2. The van der Waals surface area contributed by atoms with E-state index in [1.807, 2.05) is 16.9 Å². The van der Waals surface area contributed by atoms with E-state index in [1.54, 1.807) is 55.6 Å². The number of aromatic nitrogens is 3. The molecule has 0 bridgehead atoms. The van der Waals surface area contributed by atoms with E-state index in [0.29, 0.717) is 30.4 Å². The Labute approximate surface area is 768 Å². The quantitative estimate of drug-likeness (QED) is 0.0127. The maximum atomic E-state index is 15.4. The van der Waals surface area contributed by atoms with Crippen LogP contribution in [-0.2, 0) is 106 Å². The van der Waals surface area contributed by atoms with Gasteiger partial charge >= 0.3 is 0 Å². The number of guanidine groups is 1. The fourth-order valence-electron chi connectivity index (χ4n) is 15.3. The van der Waals surface area contributed by atoms with E-state index in [-0.39, 0.29) is 95.5 Å². The SMILES string of the molecule is CCCCCCCCCCCCCCCC(=O)NS(=O)(=O)CCCC(=O)NCC(=O)N[C@@H](CO)C(=O)N[C@@H](CCC(N)=O)C(=O)N[C@@H](Cc1c[nH]cn1)C(=O)N[C@@H](CN)C(=O)N[C@@H](CCCC)C(=O)N[C@H]1CCC(=O)CNCCCC[C@@H](C(N)=O)NC(=O)[C@H](Cc2c[nH]c3ccccc23)NC(=O)[C@H](CCCNC(=N)N)NC(=O)[C@@H](Cc2ccccc2)NC(=O)[C@@H]2C[C@@H](O)CN2C1=O. The number of sulfonamides is 1. The van der Waals surface area contributed by atoms with Crippen LogP contribution in [0.3, 0.4) is 0 Å². The molecule has 0 aliphatic carbocycles. The summed E-state index contributed by atoms with van der Waals surface area (Å²) < 4.78 is 27.4. The maximum Gasteiger partial charge on any atom is 0.245 e. The zero-order valence-electron chi connectivity index (χ0n) is 75.5. The second-order valence-electron chi connectivity index (χ2n) is 33.5. The van der Waals surface area contributed by atoms with Gasteiger partial charge in [0, 0.05) is 94.3 Å². The summed E-state index contributed by atoms with van der Waals surface area (Å²) in [6.45, 7) is 0.894. The molecule has 6 rings (SSSR count). The third-order valence-corrected chi connectivity index (χ3v) is 24.0. The van der Waals surface area contributed by atoms with Crippen LogP contribution in [0, 0.1) is 5.41 Å². The van der Waals surface area contributed by atoms with E-state index in [1.165, 1.54) is 57.5 Å². The van der Waals surface area contributed by atoms with Crippen molar-refractivity contribution < 1.29 is 95.3 Å². The molecule has 4 aromatic rings. The van der Waals surface area contributed by atoms with E-state index in [4.69, 9.17) is 28.3 Å². The Bertz CT molecular complexity index is 4560. The molecule has 730 valence electrons. The Balaban J connectivity index is 1.15. The summed E-state index contributed by atoms with van der Waals surface area (Å²) in [5.41, 5.74) is 25.1. The summed E-state index contributed by atoms with van der Waals surface area (Å²) in [6.07, 6.45) is 14.6. The summed E-state index contributed by atoms with van der Waals surface area (Å²) in [7, 11) is -4.10. The third kappa shape index (κ3) is 40.0. The van der Waals surface area contributed by atoms with Crippen LogP contribution < -0.4 is 96.8 Å². The Kier molecular flexibility index (Phi) is 48.3. The highest BCUT2D eigenvalue weighted by Gasteiger charge is 2.44. The van der Waals surface area contributed by atoms with Gasteiger partial charge in [0.2, 0.25) is 98.6 Å². The zero-order valence-corrected chi connectivity index (χ0v) is 76.3. The van der Waals surface area contributed by atoms with Gasteiger partial charge in [-0.3, -0.25) is 86.8 Å². The van der Waals surface area contributed by atoms with Gasteiger partial charge in [-0.05, 0) is 87.9 Å². The van der Waals surface area contributed by atoms with Crippen LogP contribution in [0.4, 0.5) is 0 Å². The summed E-state index contributed by atoms with van der Waals surface area (Å²) in [6, 6.07) is -1.82. The number of hydrogen-bond acceptors (Lipinski definition) is 24. The first kappa shape index (κ1) is 109. The number of imidazole rings is 1. The highest BCUT2D eigenvalue weighted by molar-refractivity contribution is 7.90. The molecule has 2 fully saturated rings. The standard InChI is InChI=1S/C88H137N23O20S/c1-3-5-7-8-9-10-11-12-13-14-15-16-20-34-75(117)110-132(130,131)42-26-35-74(116)98-51-76(118)100-71(53-112)85(127)104-65(38-39-73(90)115)80(122)107-69(45-57-49-95-54-99-57)83(125)109-70(47-89)84(126)103-63(30-6-4-2)78(120)105-66-37-36-58(113)50-94-40-24-23-32-62(77(91)119)101-82(124)68(44-56-48-97-61-31-22-21-29-60(56)61)106-79(121)64(33-25-41-96-88(92)93)102-81(123)67(43-55-27-18-17-19-28-55)108-86(128)72-46-59(114)52-111(72)87(66)129/h17-19,21-22,27-29,31,48-49,54,59,62-72,94,97,112,114H,3-16,20,23-26,30,32-47,50-53,89H2,1-2H3,(H2,90,115)(H2,91,119)(H,95,99)(H,98,116)(H,100,118)(H,101,124)(H,102,123)(H,103,126)(H,104,127)(H,105,120)(H,106,121)(H,107,122)(H,108,128)(H,109,125)(H,110,117)(H4,92,93,96)/t59-,62+,63+,64+,65+,66+,67-,68+,69+,70+,71+,72+/m1/s1. The van der Waals surface area contributed by atoms with Gasteiger partial charge in [-0.15, -0.1) is 0 Å². The predicted octanol–water partition coefficient (Wildman–Crippen LogP) is -2.17. The van der Waals surface area contributed by atoms with Crippen molar-refractivity contribution >= 4 is 121 Å². The highest BCUT2D eigenvalue weighted by atomic mass is 32.2. The highest BCUT2D eigenvalue weighted by Crippen LogP contribution is 2.24. The monoisotopic (exact) mass is 1870 g/mol. The first-order chi connectivity index (χ1) is 63.2. The Morgan fingerprint density at radius 1 is 0.598 bits per heavy atom. The molecule has 0 spiro atoms. The molecule has 27 N–H and O–H groups in total. The Morgan fingerprint density at radius 3 is 1.84 bits per heavy atom. The minimum absolute atomic E-state index is 0.0156. The van der Waals surface area contributed by atoms with Crippen molar-refractivity contribution in [2.75, 3.05) is 51.6 Å². The molecule has 2 aromatic carbocycles. The van der Waals surface area contributed by atoms with E-state index >= 15 is 14.4 Å². The maximum absolute atomic E-state index is 15.4. The molecule has 0 unspecified atom stereocenters. The molecule has 2 aromatic heterocycles. The molecule has 43 nitrogen and oxygen atoms in total. The molecule has 4 heterocycles. The molecule has 15 amide bonds. The van der Waals surface area contributed by atoms with Crippen LogP contribution in [0.15, 0.2) is 73.3 Å². The van der Waals surface area contributed by atoms with E-state index < -0.39 is 254 Å². The van der Waals surface area contributed by atoms with Gasteiger partial charge in [0.05, 0.1) is 43.6 Å². The number of ketones is 1. The topological polar surface area (TPSA) is 692 Å². The van der Waals surface area contributed by atoms with Gasteiger partial charge in [0.1, 0.15) is 72.2 Å². The number of nitrogens with zero attached hydrogens (tertiary/aromatic N) is 2. The number of primary amides is 2. The number of fused-ring (bicyclic) bond motifs is 2. The van der Waals surface area contributed by atoms with Crippen LogP contribution in [0.5, 0.6) is 0 Å². The Hall–Kier alpha value is -12.0. The van der Waals surface area contributed by atoms with E-state index in [0.717, 1.165) is 47.9 Å². The number of aliphatic hydroxyl groups is 2. The summed E-state index contributed by atoms with van der Waals surface area (Å²) in [4.78, 5) is 236. The fourth-order valence-corrected chi connectivity index (χ4v) is 16.4. The molecule has 0 radical (unpaired) electrons. The largest absolute Gasteiger partial charge is 0.394 e. The number of rotatable bonds is 51. The minimum Gasteiger partial charge on any atom is -0.394 e. The Morgan fingerprint density at radius 2 is 1.19 bits per heavy atom.